The Balaban J connectivity index is 1.75. The summed E-state index contributed by atoms with van der Waals surface area (Å²) in [6.07, 6.45) is -6.17. The van der Waals surface area contributed by atoms with Crippen molar-refractivity contribution in [1.82, 2.24) is 29.7 Å². The van der Waals surface area contributed by atoms with Crippen LogP contribution >= 0.6 is 0 Å². The zero-order valence-corrected chi connectivity index (χ0v) is 14.7. The van der Waals surface area contributed by atoms with Crippen molar-refractivity contribution in [2.24, 2.45) is 0 Å². The van der Waals surface area contributed by atoms with E-state index >= 15 is 0 Å². The van der Waals surface area contributed by atoms with Gasteiger partial charge in [-0.3, -0.25) is 4.79 Å². The zero-order valence-electron chi connectivity index (χ0n) is 14.7. The number of fused-ring (bicyclic) bond motifs is 1. The van der Waals surface area contributed by atoms with Crippen LogP contribution in [0.1, 0.15) is 40.4 Å². The standard InChI is InChI=1S/C15H13F4N7O3/c1-7-4-12(26(28)29)23-24(7)3-2-20-15(27)9-6-11-21-8(13(16)17)5-10(14(18)19)25(11)22-9/h4-6,13-14H,2-3H2,1H3,(H,20,27). The summed E-state index contributed by atoms with van der Waals surface area (Å²) in [6, 6.07) is 2.81. The van der Waals surface area contributed by atoms with E-state index in [1.165, 1.54) is 10.7 Å². The third kappa shape index (κ3) is 4.14. The highest BCUT2D eigenvalue weighted by Gasteiger charge is 2.22. The summed E-state index contributed by atoms with van der Waals surface area (Å²) in [7, 11) is 0. The van der Waals surface area contributed by atoms with E-state index in [0.29, 0.717) is 16.3 Å². The highest BCUT2D eigenvalue weighted by atomic mass is 19.3. The van der Waals surface area contributed by atoms with Crippen LogP contribution in [0.15, 0.2) is 18.2 Å². The SMILES string of the molecule is Cc1cc([N+](=O)[O-])nn1CCNC(=O)c1cc2nc(C(F)F)cc(C(F)F)n2n1. The Morgan fingerprint density at radius 3 is 2.52 bits per heavy atom. The number of aryl methyl sites for hydroxylation is 1. The molecule has 0 unspecified atom stereocenters. The molecule has 0 spiro atoms. The number of nitro groups is 1. The molecule has 3 heterocycles. The topological polar surface area (TPSA) is 120 Å². The summed E-state index contributed by atoms with van der Waals surface area (Å²) in [5.41, 5.74) is -1.78. The molecule has 3 aromatic rings. The van der Waals surface area contributed by atoms with E-state index < -0.39 is 35.1 Å². The molecule has 3 aromatic heterocycles. The van der Waals surface area contributed by atoms with E-state index in [9.17, 15) is 32.5 Å². The predicted octanol–water partition coefficient (Wildman–Crippen LogP) is 2.45. The van der Waals surface area contributed by atoms with Crippen LogP contribution in [0.3, 0.4) is 0 Å². The molecule has 0 saturated carbocycles. The van der Waals surface area contributed by atoms with E-state index in [1.807, 2.05) is 0 Å². The average molecular weight is 415 g/mol. The number of alkyl halides is 4. The number of hydrogen-bond donors (Lipinski definition) is 1. The molecule has 10 nitrogen and oxygen atoms in total. The van der Waals surface area contributed by atoms with E-state index in [4.69, 9.17) is 0 Å². The summed E-state index contributed by atoms with van der Waals surface area (Å²) < 4.78 is 53.9. The lowest BCUT2D eigenvalue weighted by molar-refractivity contribution is -0.389. The van der Waals surface area contributed by atoms with Crippen LogP contribution in [-0.2, 0) is 6.54 Å². The number of halogens is 4. The van der Waals surface area contributed by atoms with E-state index in [0.717, 1.165) is 6.07 Å². The lowest BCUT2D eigenvalue weighted by Gasteiger charge is -2.06. The number of nitrogens with zero attached hydrogens (tertiary/aromatic N) is 6. The maximum atomic E-state index is 13.1. The molecular weight excluding hydrogens is 402 g/mol. The molecule has 0 radical (unpaired) electrons. The van der Waals surface area contributed by atoms with Gasteiger partial charge in [-0.15, -0.1) is 0 Å². The van der Waals surface area contributed by atoms with Crippen LogP contribution < -0.4 is 5.32 Å². The predicted molar refractivity (Wildman–Crippen MR) is 88.9 cm³/mol. The number of hydrogen-bond acceptors (Lipinski definition) is 6. The summed E-state index contributed by atoms with van der Waals surface area (Å²) in [5.74, 6) is -1.09. The molecule has 0 aliphatic carbocycles. The second-order valence-corrected chi connectivity index (χ2v) is 5.89. The molecule has 1 amide bonds. The maximum Gasteiger partial charge on any atom is 0.390 e. The van der Waals surface area contributed by atoms with Crippen LogP contribution in [-0.4, -0.2) is 41.8 Å². The molecule has 14 heteroatoms. The number of carbonyl (C=O) groups excluding carboxylic acids is 1. The summed E-state index contributed by atoms with van der Waals surface area (Å²) in [6.45, 7) is 1.71. The van der Waals surface area contributed by atoms with Crippen molar-refractivity contribution >= 4 is 17.4 Å². The van der Waals surface area contributed by atoms with E-state index in [1.54, 1.807) is 6.92 Å². The minimum Gasteiger partial charge on any atom is -0.358 e. The van der Waals surface area contributed by atoms with Gasteiger partial charge in [-0.05, 0) is 17.9 Å². The number of nitrogens with one attached hydrogen (secondary N) is 1. The fourth-order valence-electron chi connectivity index (χ4n) is 2.57. The third-order valence-corrected chi connectivity index (χ3v) is 3.92. The van der Waals surface area contributed by atoms with Gasteiger partial charge in [0, 0.05) is 12.6 Å². The Bertz CT molecular complexity index is 1080. The molecule has 0 bridgehead atoms. The molecule has 3 rings (SSSR count). The summed E-state index contributed by atoms with van der Waals surface area (Å²) in [4.78, 5) is 25.8. The monoisotopic (exact) mass is 415 g/mol. The minimum atomic E-state index is -3.10. The van der Waals surface area contributed by atoms with Crippen molar-refractivity contribution in [1.29, 1.82) is 0 Å². The van der Waals surface area contributed by atoms with Gasteiger partial charge in [-0.1, -0.05) is 0 Å². The van der Waals surface area contributed by atoms with Crippen LogP contribution in [0.4, 0.5) is 23.4 Å². The smallest absolute Gasteiger partial charge is 0.358 e. The normalized spacial score (nSPS) is 11.6. The second kappa shape index (κ2) is 7.81. The second-order valence-electron chi connectivity index (χ2n) is 5.89. The highest BCUT2D eigenvalue weighted by Crippen LogP contribution is 2.25. The molecule has 0 fully saturated rings. The minimum absolute atomic E-state index is 0.00377. The molecule has 0 saturated heterocycles. The third-order valence-electron chi connectivity index (χ3n) is 3.92. The van der Waals surface area contributed by atoms with Crippen LogP contribution in [0.25, 0.3) is 5.65 Å². The zero-order chi connectivity index (χ0) is 21.3. The lowest BCUT2D eigenvalue weighted by atomic mass is 10.3. The van der Waals surface area contributed by atoms with Crippen LogP contribution in [0.5, 0.6) is 0 Å². The maximum absolute atomic E-state index is 13.1. The van der Waals surface area contributed by atoms with Gasteiger partial charge >= 0.3 is 5.82 Å². The van der Waals surface area contributed by atoms with Gasteiger partial charge in [0.1, 0.15) is 11.4 Å². The summed E-state index contributed by atoms with van der Waals surface area (Å²) >= 11 is 0. The number of rotatable bonds is 7. The van der Waals surface area contributed by atoms with Gasteiger partial charge in [0.15, 0.2) is 11.3 Å². The fourth-order valence-corrected chi connectivity index (χ4v) is 2.57. The molecular formula is C15H13F4N7O3. The van der Waals surface area contributed by atoms with E-state index in [2.05, 4.69) is 20.5 Å². The van der Waals surface area contributed by atoms with Gasteiger partial charge in [-0.25, -0.2) is 27.1 Å². The Labute approximate surface area is 159 Å². The average Bonchev–Trinajstić information content (AvgIpc) is 3.24. The summed E-state index contributed by atoms with van der Waals surface area (Å²) in [5, 5.41) is 20.6. The first-order valence-electron chi connectivity index (χ1n) is 8.11. The van der Waals surface area contributed by atoms with Crippen molar-refractivity contribution in [2.75, 3.05) is 6.54 Å². The van der Waals surface area contributed by atoms with Crippen molar-refractivity contribution in [3.05, 3.63) is 51.1 Å². The number of amides is 1. The molecule has 29 heavy (non-hydrogen) atoms. The first-order chi connectivity index (χ1) is 13.7. The fraction of sp³-hybridized carbons (Fsp3) is 0.333. The van der Waals surface area contributed by atoms with Gasteiger partial charge in [0.2, 0.25) is 0 Å². The van der Waals surface area contributed by atoms with Gasteiger partial charge in [0.25, 0.3) is 18.8 Å². The molecule has 0 aromatic carbocycles. The Kier molecular flexibility index (Phi) is 5.43. The Morgan fingerprint density at radius 2 is 1.93 bits per heavy atom. The van der Waals surface area contributed by atoms with E-state index in [-0.39, 0.29) is 30.2 Å². The molecule has 1 N–H and O–H groups in total. The van der Waals surface area contributed by atoms with Crippen LogP contribution in [0.2, 0.25) is 0 Å². The first-order valence-corrected chi connectivity index (χ1v) is 8.11. The largest absolute Gasteiger partial charge is 0.390 e. The van der Waals surface area contributed by atoms with Gasteiger partial charge in [-0.2, -0.15) is 9.78 Å². The van der Waals surface area contributed by atoms with Crippen molar-refractivity contribution in [3.8, 4) is 0 Å². The quantitative estimate of drug-likeness (QED) is 0.360. The van der Waals surface area contributed by atoms with Crippen LogP contribution in [0, 0.1) is 17.0 Å². The number of aromatic nitrogens is 5. The van der Waals surface area contributed by atoms with Crippen molar-refractivity contribution in [3.63, 3.8) is 0 Å². The Hall–Kier alpha value is -3.58. The Morgan fingerprint density at radius 1 is 1.21 bits per heavy atom. The molecule has 0 aliphatic rings. The molecule has 0 aliphatic heterocycles. The van der Waals surface area contributed by atoms with Gasteiger partial charge in [0.05, 0.1) is 23.4 Å². The molecule has 0 atom stereocenters. The molecule has 154 valence electrons. The lowest BCUT2D eigenvalue weighted by Crippen LogP contribution is -2.28. The highest BCUT2D eigenvalue weighted by molar-refractivity contribution is 5.93. The van der Waals surface area contributed by atoms with Crippen molar-refractivity contribution in [2.45, 2.75) is 26.3 Å². The first kappa shape index (κ1) is 20.2. The number of carbonyl (C=O) groups is 1. The van der Waals surface area contributed by atoms with Gasteiger partial charge < -0.3 is 15.4 Å². The van der Waals surface area contributed by atoms with Crippen molar-refractivity contribution < 1.29 is 27.3 Å².